The summed E-state index contributed by atoms with van der Waals surface area (Å²) in [5, 5.41) is 5.28. The molecule has 0 aliphatic rings. The van der Waals surface area contributed by atoms with E-state index in [2.05, 4.69) is 10.3 Å². The van der Waals surface area contributed by atoms with Gasteiger partial charge >= 0.3 is 0 Å². The van der Waals surface area contributed by atoms with E-state index in [0.29, 0.717) is 29.8 Å². The van der Waals surface area contributed by atoms with Crippen LogP contribution < -0.4 is 10.9 Å². The Balaban J connectivity index is 1.88. The molecule has 2 aromatic carbocycles. The minimum atomic E-state index is -0.139. The number of hydrogen-bond acceptors (Lipinski definition) is 3. The predicted octanol–water partition coefficient (Wildman–Crippen LogP) is 4.03. The topological polar surface area (TPSA) is 57.4 Å². The molecule has 2 N–H and O–H groups in total. The Morgan fingerprint density at radius 2 is 1.96 bits per heavy atom. The first-order valence-corrected chi connectivity index (χ1v) is 9.27. The maximum atomic E-state index is 12.0. The number of halogens is 1. The quantitative estimate of drug-likeness (QED) is 0.611. The Kier molecular flexibility index (Phi) is 6.45. The Hall–Kier alpha value is -2.41. The number of aromatic nitrogens is 1. The molecule has 3 aromatic rings. The normalized spacial score (nSPS) is 10.7. The smallest absolute Gasteiger partial charge is 0.248 e. The molecule has 140 valence electrons. The molecule has 1 heterocycles. The number of nitrogens with zero attached hydrogens (tertiary/aromatic N) is 1. The summed E-state index contributed by atoms with van der Waals surface area (Å²) in [5.41, 5.74) is 2.30. The van der Waals surface area contributed by atoms with Gasteiger partial charge in [-0.1, -0.05) is 41.9 Å². The van der Waals surface area contributed by atoms with E-state index in [4.69, 9.17) is 28.6 Å². The molecule has 3 rings (SSSR count). The van der Waals surface area contributed by atoms with E-state index in [0.717, 1.165) is 22.2 Å². The van der Waals surface area contributed by atoms with Gasteiger partial charge in [-0.2, -0.15) is 0 Å². The Bertz CT molecular complexity index is 1010. The van der Waals surface area contributed by atoms with Crippen LogP contribution in [-0.4, -0.2) is 35.3 Å². The lowest BCUT2D eigenvalue weighted by atomic mass is 10.1. The van der Waals surface area contributed by atoms with Crippen molar-refractivity contribution in [3.05, 3.63) is 75.5 Å². The zero-order valence-corrected chi connectivity index (χ0v) is 16.4. The molecule has 5 nitrogen and oxygen atoms in total. The molecule has 0 amide bonds. The lowest BCUT2D eigenvalue weighted by Crippen LogP contribution is -2.37. The van der Waals surface area contributed by atoms with Crippen LogP contribution in [0.25, 0.3) is 10.9 Å². The van der Waals surface area contributed by atoms with Gasteiger partial charge in [0.1, 0.15) is 0 Å². The lowest BCUT2D eigenvalue weighted by Gasteiger charge is -2.26. The van der Waals surface area contributed by atoms with Gasteiger partial charge in [-0.25, -0.2) is 0 Å². The van der Waals surface area contributed by atoms with Crippen LogP contribution in [0.5, 0.6) is 0 Å². The van der Waals surface area contributed by atoms with Crippen molar-refractivity contribution in [2.45, 2.75) is 6.54 Å². The maximum absolute atomic E-state index is 12.0. The molecule has 27 heavy (non-hydrogen) atoms. The number of benzene rings is 2. The summed E-state index contributed by atoms with van der Waals surface area (Å²) in [6.07, 6.45) is 0. The van der Waals surface area contributed by atoms with E-state index >= 15 is 0 Å². The van der Waals surface area contributed by atoms with Gasteiger partial charge in [-0.3, -0.25) is 4.79 Å². The van der Waals surface area contributed by atoms with Gasteiger partial charge in [-0.15, -0.1) is 0 Å². The molecule has 0 aliphatic carbocycles. The first-order chi connectivity index (χ1) is 13.1. The number of H-pyrrole nitrogens is 1. The Labute approximate surface area is 167 Å². The highest BCUT2D eigenvalue weighted by Gasteiger charge is 2.14. The van der Waals surface area contributed by atoms with E-state index in [9.17, 15) is 4.79 Å². The molecule has 0 saturated heterocycles. The number of rotatable bonds is 6. The average molecular weight is 402 g/mol. The summed E-state index contributed by atoms with van der Waals surface area (Å²) in [5.74, 6) is 0. The van der Waals surface area contributed by atoms with Crippen LogP contribution in [0.3, 0.4) is 0 Å². The van der Waals surface area contributed by atoms with E-state index in [-0.39, 0.29) is 5.56 Å². The molecular weight excluding hydrogens is 382 g/mol. The average Bonchev–Trinajstić information content (AvgIpc) is 2.66. The van der Waals surface area contributed by atoms with E-state index in [1.54, 1.807) is 19.2 Å². The van der Waals surface area contributed by atoms with Crippen LogP contribution in [-0.2, 0) is 11.3 Å². The summed E-state index contributed by atoms with van der Waals surface area (Å²) < 4.78 is 5.22. The molecule has 0 atom stereocenters. The monoisotopic (exact) mass is 401 g/mol. The number of anilines is 1. The highest BCUT2D eigenvalue weighted by atomic mass is 35.5. The molecule has 0 bridgehead atoms. The second kappa shape index (κ2) is 8.99. The van der Waals surface area contributed by atoms with Gasteiger partial charge in [0.2, 0.25) is 5.56 Å². The molecule has 7 heteroatoms. The molecule has 0 radical (unpaired) electrons. The highest BCUT2D eigenvalue weighted by Crippen LogP contribution is 2.22. The number of hydrogen-bond donors (Lipinski definition) is 2. The maximum Gasteiger partial charge on any atom is 0.248 e. The second-order valence-corrected chi connectivity index (χ2v) is 6.82. The third-order valence-electron chi connectivity index (χ3n) is 4.17. The van der Waals surface area contributed by atoms with Crippen LogP contribution in [0.2, 0.25) is 5.02 Å². The number of thiocarbonyl (C=S) groups is 1. The number of aromatic amines is 1. The van der Waals surface area contributed by atoms with Gasteiger partial charge in [0.05, 0.1) is 17.3 Å². The van der Waals surface area contributed by atoms with E-state index in [1.165, 1.54) is 0 Å². The van der Waals surface area contributed by atoms with Crippen molar-refractivity contribution >= 4 is 45.5 Å². The number of ether oxygens (including phenoxy) is 1. The summed E-state index contributed by atoms with van der Waals surface area (Å²) in [6.45, 7) is 1.56. The summed E-state index contributed by atoms with van der Waals surface area (Å²) >= 11 is 11.8. The van der Waals surface area contributed by atoms with Gasteiger partial charge in [0.25, 0.3) is 0 Å². The van der Waals surface area contributed by atoms with Crippen LogP contribution in [0.15, 0.2) is 59.4 Å². The van der Waals surface area contributed by atoms with Crippen LogP contribution in [0.4, 0.5) is 5.69 Å². The zero-order chi connectivity index (χ0) is 19.2. The fourth-order valence-corrected chi connectivity index (χ4v) is 3.27. The van der Waals surface area contributed by atoms with Gasteiger partial charge in [-0.05, 0) is 36.0 Å². The minimum absolute atomic E-state index is 0.139. The highest BCUT2D eigenvalue weighted by molar-refractivity contribution is 7.80. The van der Waals surface area contributed by atoms with E-state index < -0.39 is 0 Å². The van der Waals surface area contributed by atoms with Crippen molar-refractivity contribution in [3.63, 3.8) is 0 Å². The molecule has 0 saturated carbocycles. The first-order valence-electron chi connectivity index (χ1n) is 8.49. The molecule has 0 unspecified atom stereocenters. The molecule has 0 fully saturated rings. The number of pyridine rings is 1. The van der Waals surface area contributed by atoms with Crippen molar-refractivity contribution in [1.82, 2.24) is 9.88 Å². The van der Waals surface area contributed by atoms with Crippen LogP contribution in [0.1, 0.15) is 5.56 Å². The SMILES string of the molecule is COCCN(Cc1cc(=O)[nH]c2ccccc12)C(=S)Nc1ccccc1Cl. The van der Waals surface area contributed by atoms with Crippen molar-refractivity contribution in [2.75, 3.05) is 25.6 Å². The van der Waals surface area contributed by atoms with Crippen molar-refractivity contribution in [3.8, 4) is 0 Å². The van der Waals surface area contributed by atoms with Crippen molar-refractivity contribution in [2.24, 2.45) is 0 Å². The third-order valence-corrected chi connectivity index (χ3v) is 4.86. The minimum Gasteiger partial charge on any atom is -0.383 e. The fraction of sp³-hybridized carbons (Fsp3) is 0.200. The van der Waals surface area contributed by atoms with Gasteiger partial charge < -0.3 is 19.9 Å². The lowest BCUT2D eigenvalue weighted by molar-refractivity contribution is 0.175. The Morgan fingerprint density at radius 1 is 1.22 bits per heavy atom. The summed E-state index contributed by atoms with van der Waals surface area (Å²) in [6, 6.07) is 16.8. The Morgan fingerprint density at radius 3 is 2.74 bits per heavy atom. The summed E-state index contributed by atoms with van der Waals surface area (Å²) in [4.78, 5) is 16.9. The van der Waals surface area contributed by atoms with Crippen LogP contribution in [0, 0.1) is 0 Å². The number of para-hydroxylation sites is 2. The van der Waals surface area contributed by atoms with Gasteiger partial charge in [0.15, 0.2) is 5.11 Å². The molecule has 0 aliphatic heterocycles. The molecular formula is C20H20ClN3O2S. The second-order valence-electron chi connectivity index (χ2n) is 6.03. The fourth-order valence-electron chi connectivity index (χ4n) is 2.82. The number of nitrogens with one attached hydrogen (secondary N) is 2. The summed E-state index contributed by atoms with van der Waals surface area (Å²) in [7, 11) is 1.64. The van der Waals surface area contributed by atoms with E-state index in [1.807, 2.05) is 47.4 Å². The largest absolute Gasteiger partial charge is 0.383 e. The first kappa shape index (κ1) is 19.4. The van der Waals surface area contributed by atoms with Crippen molar-refractivity contribution in [1.29, 1.82) is 0 Å². The predicted molar refractivity (Wildman–Crippen MR) is 115 cm³/mol. The molecule has 0 spiro atoms. The zero-order valence-electron chi connectivity index (χ0n) is 14.9. The molecule has 1 aromatic heterocycles. The van der Waals surface area contributed by atoms with Crippen LogP contribution >= 0.6 is 23.8 Å². The third kappa shape index (κ3) is 4.86. The standard InChI is InChI=1S/C20H20ClN3O2S/c1-26-11-10-24(20(27)23-18-9-5-3-7-16(18)21)13-14-12-19(25)22-17-8-4-2-6-15(14)17/h2-9,12H,10-11,13H2,1H3,(H,22,25)(H,23,27). The van der Waals surface area contributed by atoms with Crippen molar-refractivity contribution < 1.29 is 4.74 Å². The number of methoxy groups -OCH3 is 1. The van der Waals surface area contributed by atoms with Gasteiger partial charge in [0, 0.05) is 37.2 Å². The number of fused-ring (bicyclic) bond motifs is 1.